The molecule has 0 saturated heterocycles. The largest absolute Gasteiger partial charge is 0.373 e. The highest BCUT2D eigenvalue weighted by Crippen LogP contribution is 2.23. The number of nitrogens with two attached hydrogens (primary N) is 1. The molecule has 1 aliphatic carbocycles. The number of hydrogen-bond donors (Lipinski definition) is 1. The molecule has 0 unspecified atom stereocenters. The lowest BCUT2D eigenvalue weighted by Crippen LogP contribution is -2.41. The molecule has 0 aliphatic heterocycles. The van der Waals surface area contributed by atoms with Crippen molar-refractivity contribution in [1.29, 1.82) is 0 Å². The second-order valence-electron chi connectivity index (χ2n) is 3.90. The minimum absolute atomic E-state index is 0.190. The van der Waals surface area contributed by atoms with E-state index < -0.39 is 0 Å². The Hall–Kier alpha value is -0.640. The molecule has 0 bridgehead atoms. The molecule has 0 atom stereocenters. The van der Waals surface area contributed by atoms with Gasteiger partial charge in [0.15, 0.2) is 0 Å². The summed E-state index contributed by atoms with van der Waals surface area (Å²) in [6, 6.07) is 4.86. The average molecular weight is 230 g/mol. The first kappa shape index (κ1) is 10.9. The minimum Gasteiger partial charge on any atom is -0.373 e. The maximum atomic E-state index is 13.3. The number of benzene rings is 1. The molecular formula is C11H13ClFNO. The SMILES string of the molecule is NC1CC(OCc2ccc(Cl)cc2F)C1. The molecule has 0 spiro atoms. The quantitative estimate of drug-likeness (QED) is 0.864. The summed E-state index contributed by atoms with van der Waals surface area (Å²) in [5.74, 6) is -0.314. The smallest absolute Gasteiger partial charge is 0.130 e. The van der Waals surface area contributed by atoms with Gasteiger partial charge in [-0.3, -0.25) is 0 Å². The molecule has 0 amide bonds. The number of rotatable bonds is 3. The zero-order valence-corrected chi connectivity index (χ0v) is 9.01. The highest BCUT2D eigenvalue weighted by Gasteiger charge is 2.26. The fourth-order valence-corrected chi connectivity index (χ4v) is 1.75. The van der Waals surface area contributed by atoms with Crippen LogP contribution in [0.3, 0.4) is 0 Å². The summed E-state index contributed by atoms with van der Waals surface area (Å²) in [4.78, 5) is 0. The van der Waals surface area contributed by atoms with E-state index in [1.165, 1.54) is 6.07 Å². The Morgan fingerprint density at radius 3 is 2.80 bits per heavy atom. The van der Waals surface area contributed by atoms with E-state index in [-0.39, 0.29) is 18.0 Å². The lowest BCUT2D eigenvalue weighted by atomic mass is 9.90. The molecule has 4 heteroatoms. The second kappa shape index (κ2) is 4.47. The lowest BCUT2D eigenvalue weighted by molar-refractivity contribution is -0.0198. The van der Waals surface area contributed by atoms with Crippen molar-refractivity contribution in [3.63, 3.8) is 0 Å². The van der Waals surface area contributed by atoms with E-state index in [1.807, 2.05) is 0 Å². The van der Waals surface area contributed by atoms with Crippen LogP contribution < -0.4 is 5.73 Å². The summed E-state index contributed by atoms with van der Waals surface area (Å²) in [5.41, 5.74) is 6.16. The Kier molecular flexibility index (Phi) is 3.24. The number of ether oxygens (including phenoxy) is 1. The molecule has 1 saturated carbocycles. The first-order valence-corrected chi connectivity index (χ1v) is 5.34. The predicted molar refractivity (Wildman–Crippen MR) is 57.2 cm³/mol. The van der Waals surface area contributed by atoms with Crippen LogP contribution in [0.5, 0.6) is 0 Å². The van der Waals surface area contributed by atoms with Crippen molar-refractivity contribution in [1.82, 2.24) is 0 Å². The third-order valence-corrected chi connectivity index (χ3v) is 2.86. The highest BCUT2D eigenvalue weighted by molar-refractivity contribution is 6.30. The summed E-state index contributed by atoms with van der Waals surface area (Å²) in [6.07, 6.45) is 1.93. The molecule has 82 valence electrons. The van der Waals surface area contributed by atoms with Gasteiger partial charge in [0.2, 0.25) is 0 Å². The molecular weight excluding hydrogens is 217 g/mol. The fourth-order valence-electron chi connectivity index (χ4n) is 1.59. The molecule has 0 radical (unpaired) electrons. The standard InChI is InChI=1S/C11H13ClFNO/c12-8-2-1-7(11(13)3-8)6-15-10-4-9(14)5-10/h1-3,9-10H,4-6,14H2. The first-order valence-electron chi connectivity index (χ1n) is 4.96. The second-order valence-corrected chi connectivity index (χ2v) is 4.34. The summed E-state index contributed by atoms with van der Waals surface area (Å²) < 4.78 is 18.8. The number of hydrogen-bond acceptors (Lipinski definition) is 2. The van der Waals surface area contributed by atoms with Crippen molar-refractivity contribution in [3.05, 3.63) is 34.6 Å². The third-order valence-electron chi connectivity index (χ3n) is 2.62. The molecule has 0 aromatic heterocycles. The van der Waals surface area contributed by atoms with Gasteiger partial charge in [-0.15, -0.1) is 0 Å². The Morgan fingerprint density at radius 1 is 1.47 bits per heavy atom. The van der Waals surface area contributed by atoms with Gasteiger partial charge in [-0.05, 0) is 25.0 Å². The van der Waals surface area contributed by atoms with E-state index in [0.717, 1.165) is 12.8 Å². The lowest BCUT2D eigenvalue weighted by Gasteiger charge is -2.32. The molecule has 1 fully saturated rings. The van der Waals surface area contributed by atoms with Gasteiger partial charge in [0, 0.05) is 16.6 Å². The van der Waals surface area contributed by atoms with Gasteiger partial charge in [0.1, 0.15) is 5.82 Å². The van der Waals surface area contributed by atoms with E-state index in [2.05, 4.69) is 0 Å². The number of halogens is 2. The zero-order chi connectivity index (χ0) is 10.8. The fraction of sp³-hybridized carbons (Fsp3) is 0.455. The van der Waals surface area contributed by atoms with Gasteiger partial charge in [-0.2, -0.15) is 0 Å². The Balaban J connectivity index is 1.88. The van der Waals surface area contributed by atoms with Crippen LogP contribution in [0.15, 0.2) is 18.2 Å². The van der Waals surface area contributed by atoms with Crippen LogP contribution in [0, 0.1) is 5.82 Å². The van der Waals surface area contributed by atoms with Crippen LogP contribution in [0.4, 0.5) is 4.39 Å². The van der Waals surface area contributed by atoms with Gasteiger partial charge in [0.25, 0.3) is 0 Å². The van der Waals surface area contributed by atoms with E-state index >= 15 is 0 Å². The van der Waals surface area contributed by atoms with Gasteiger partial charge < -0.3 is 10.5 Å². The highest BCUT2D eigenvalue weighted by atomic mass is 35.5. The molecule has 0 heterocycles. The monoisotopic (exact) mass is 229 g/mol. The van der Waals surface area contributed by atoms with Crippen LogP contribution in [0.2, 0.25) is 5.02 Å². The van der Waals surface area contributed by atoms with Crippen molar-refractivity contribution >= 4 is 11.6 Å². The van der Waals surface area contributed by atoms with Crippen LogP contribution in [0.1, 0.15) is 18.4 Å². The van der Waals surface area contributed by atoms with Gasteiger partial charge in [0.05, 0.1) is 12.7 Å². The summed E-state index contributed by atoms with van der Waals surface area (Å²) >= 11 is 5.64. The van der Waals surface area contributed by atoms with Crippen LogP contribution in [0.25, 0.3) is 0 Å². The normalized spacial score (nSPS) is 25.0. The predicted octanol–water partition coefficient (Wildman–Crippen LogP) is 2.49. The van der Waals surface area contributed by atoms with Crippen molar-refractivity contribution < 1.29 is 9.13 Å². The zero-order valence-electron chi connectivity index (χ0n) is 8.25. The van der Waals surface area contributed by atoms with Crippen LogP contribution >= 0.6 is 11.6 Å². The Morgan fingerprint density at radius 2 is 2.20 bits per heavy atom. The van der Waals surface area contributed by atoms with Crippen molar-refractivity contribution in [2.45, 2.75) is 31.6 Å². The van der Waals surface area contributed by atoms with Crippen molar-refractivity contribution in [2.75, 3.05) is 0 Å². The molecule has 15 heavy (non-hydrogen) atoms. The van der Waals surface area contributed by atoms with Gasteiger partial charge in [-0.1, -0.05) is 17.7 Å². The van der Waals surface area contributed by atoms with E-state index in [0.29, 0.717) is 17.2 Å². The molecule has 2 rings (SSSR count). The maximum absolute atomic E-state index is 13.3. The van der Waals surface area contributed by atoms with Crippen molar-refractivity contribution in [3.8, 4) is 0 Å². The summed E-state index contributed by atoms with van der Waals surface area (Å²) in [5, 5.41) is 0.405. The van der Waals surface area contributed by atoms with Crippen molar-refractivity contribution in [2.24, 2.45) is 5.73 Å². The average Bonchev–Trinajstić information content (AvgIpc) is 2.13. The molecule has 2 nitrogen and oxygen atoms in total. The van der Waals surface area contributed by atoms with Crippen LogP contribution in [-0.4, -0.2) is 12.1 Å². The maximum Gasteiger partial charge on any atom is 0.130 e. The van der Waals surface area contributed by atoms with E-state index in [4.69, 9.17) is 22.1 Å². The molecule has 2 N–H and O–H groups in total. The molecule has 1 aliphatic rings. The minimum atomic E-state index is -0.314. The third kappa shape index (κ3) is 2.68. The Labute approximate surface area is 93.2 Å². The summed E-state index contributed by atoms with van der Waals surface area (Å²) in [6.45, 7) is 0.292. The Bertz CT molecular complexity index is 352. The van der Waals surface area contributed by atoms with Gasteiger partial charge >= 0.3 is 0 Å². The van der Waals surface area contributed by atoms with E-state index in [1.54, 1.807) is 12.1 Å². The summed E-state index contributed by atoms with van der Waals surface area (Å²) in [7, 11) is 0. The molecule has 1 aromatic carbocycles. The topological polar surface area (TPSA) is 35.2 Å². The van der Waals surface area contributed by atoms with Crippen LogP contribution in [-0.2, 0) is 11.3 Å². The van der Waals surface area contributed by atoms with E-state index in [9.17, 15) is 4.39 Å². The molecule has 1 aromatic rings. The van der Waals surface area contributed by atoms with Gasteiger partial charge in [-0.25, -0.2) is 4.39 Å². The first-order chi connectivity index (χ1) is 7.15.